The van der Waals surface area contributed by atoms with Gasteiger partial charge >= 0.3 is 5.97 Å². The van der Waals surface area contributed by atoms with Gasteiger partial charge in [0.2, 0.25) is 0 Å². The molecule has 142 valence electrons. The van der Waals surface area contributed by atoms with Gasteiger partial charge in [0.15, 0.2) is 8.32 Å². The van der Waals surface area contributed by atoms with E-state index in [2.05, 4.69) is 43.9 Å². The van der Waals surface area contributed by atoms with Gasteiger partial charge in [0.1, 0.15) is 5.54 Å². The maximum Gasteiger partial charge on any atom is 0.330 e. The highest BCUT2D eigenvalue weighted by molar-refractivity contribution is 6.74. The van der Waals surface area contributed by atoms with E-state index in [0.717, 1.165) is 6.42 Å². The van der Waals surface area contributed by atoms with Crippen LogP contribution in [0, 0.1) is 0 Å². The summed E-state index contributed by atoms with van der Waals surface area (Å²) in [4.78, 5) is 14.9. The zero-order chi connectivity index (χ0) is 19.3. The molecule has 0 saturated heterocycles. The summed E-state index contributed by atoms with van der Waals surface area (Å²) in [6.45, 7) is 12.6. The molecule has 2 atom stereocenters. The van der Waals surface area contributed by atoms with E-state index in [9.17, 15) is 9.90 Å². The Labute approximate surface area is 151 Å². The molecule has 1 saturated carbocycles. The first-order chi connectivity index (χ1) is 11.5. The van der Waals surface area contributed by atoms with Gasteiger partial charge in [-0.05, 0) is 55.4 Å². The quantitative estimate of drug-likeness (QED) is 0.190. The van der Waals surface area contributed by atoms with E-state index in [1.165, 1.54) is 6.08 Å². The van der Waals surface area contributed by atoms with Crippen molar-refractivity contribution in [3.05, 3.63) is 22.1 Å². The van der Waals surface area contributed by atoms with Gasteiger partial charge in [0.05, 0.1) is 19.3 Å². The monoisotopic (exact) mass is 369 g/mol. The maximum absolute atomic E-state index is 11.9. The average Bonchev–Trinajstić information content (AvgIpc) is 2.48. The summed E-state index contributed by atoms with van der Waals surface area (Å²) in [7, 11) is -2.12. The van der Waals surface area contributed by atoms with Crippen LogP contribution in [0.2, 0.25) is 18.1 Å². The van der Waals surface area contributed by atoms with Gasteiger partial charge in [-0.15, -0.1) is 0 Å². The van der Waals surface area contributed by atoms with E-state index < -0.39 is 25.9 Å². The largest absolute Gasteiger partial charge is 0.463 e. The van der Waals surface area contributed by atoms with Crippen LogP contribution < -0.4 is 0 Å². The molecule has 0 amide bonds. The maximum atomic E-state index is 11.9. The molecule has 0 radical (unpaired) electrons. The lowest BCUT2D eigenvalue weighted by Gasteiger charge is -2.44. The predicted molar refractivity (Wildman–Crippen MR) is 99.6 cm³/mol. The number of nitrogens with zero attached hydrogens (tertiary/aromatic N) is 3. The van der Waals surface area contributed by atoms with Crippen molar-refractivity contribution in [1.29, 1.82) is 0 Å². The molecule has 0 aromatic rings. The number of esters is 1. The number of carbonyl (C=O) groups excluding carboxylic acids is 1. The van der Waals surface area contributed by atoms with Crippen LogP contribution in [0.5, 0.6) is 0 Å². The Kier molecular flexibility index (Phi) is 7.25. The Morgan fingerprint density at radius 3 is 2.68 bits per heavy atom. The molecule has 0 bridgehead atoms. The minimum atomic E-state index is -2.12. The standard InChI is InChI=1S/C17H31N3O4Si/c1-7-23-15(22)11-13-9-8-10-14(21)17(13,19-20-18)12-24-25(5,6)16(2,3)4/h11,14,21H,7-10,12H2,1-6H3/b13-11+/t14-,17+/m0/s1. The minimum absolute atomic E-state index is 0.0187. The molecule has 1 aliphatic rings. The predicted octanol–water partition coefficient (Wildman–Crippen LogP) is 4.09. The highest BCUT2D eigenvalue weighted by atomic mass is 28.4. The van der Waals surface area contributed by atoms with Gasteiger partial charge < -0.3 is 14.3 Å². The number of azide groups is 1. The lowest BCUT2D eigenvalue weighted by molar-refractivity contribution is -0.137. The minimum Gasteiger partial charge on any atom is -0.463 e. The Morgan fingerprint density at radius 2 is 2.16 bits per heavy atom. The second kappa shape index (κ2) is 8.36. The number of ether oxygens (including phenoxy) is 1. The summed E-state index contributed by atoms with van der Waals surface area (Å²) in [5, 5.41) is 14.5. The molecule has 0 aromatic heterocycles. The van der Waals surface area contributed by atoms with Crippen molar-refractivity contribution in [2.24, 2.45) is 5.11 Å². The first kappa shape index (κ1) is 21.7. The highest BCUT2D eigenvalue weighted by Crippen LogP contribution is 2.41. The lowest BCUT2D eigenvalue weighted by Crippen LogP contribution is -2.53. The number of aliphatic hydroxyl groups excluding tert-OH is 1. The summed E-state index contributed by atoms with van der Waals surface area (Å²) in [6, 6.07) is 0. The SMILES string of the molecule is CCOC(=O)/C=C1\CCC[C@H](O)[C@]1(CO[Si](C)(C)C(C)(C)C)N=[N+]=[N-]. The Hall–Kier alpha value is -1.34. The average molecular weight is 370 g/mol. The molecule has 25 heavy (non-hydrogen) atoms. The number of aliphatic hydroxyl groups is 1. The molecule has 0 heterocycles. The van der Waals surface area contributed by atoms with Gasteiger partial charge in [-0.1, -0.05) is 25.9 Å². The molecular formula is C17H31N3O4Si. The zero-order valence-electron chi connectivity index (χ0n) is 16.2. The van der Waals surface area contributed by atoms with Crippen LogP contribution in [0.4, 0.5) is 0 Å². The zero-order valence-corrected chi connectivity index (χ0v) is 17.2. The molecule has 0 unspecified atom stereocenters. The third-order valence-electron chi connectivity index (χ3n) is 5.29. The molecule has 1 rings (SSSR count). The van der Waals surface area contributed by atoms with Crippen LogP contribution in [0.3, 0.4) is 0 Å². The van der Waals surface area contributed by atoms with E-state index in [1.54, 1.807) is 6.92 Å². The Balaban J connectivity index is 3.24. The fraction of sp³-hybridized carbons (Fsp3) is 0.824. The summed E-state index contributed by atoms with van der Waals surface area (Å²) >= 11 is 0. The van der Waals surface area contributed by atoms with E-state index >= 15 is 0 Å². The Morgan fingerprint density at radius 1 is 1.52 bits per heavy atom. The second-order valence-corrected chi connectivity index (χ2v) is 12.8. The van der Waals surface area contributed by atoms with Gasteiger partial charge in [-0.3, -0.25) is 0 Å². The molecule has 8 heteroatoms. The molecule has 7 nitrogen and oxygen atoms in total. The molecule has 0 aromatic carbocycles. The van der Waals surface area contributed by atoms with Gasteiger partial charge in [0.25, 0.3) is 0 Å². The number of carbonyl (C=O) groups is 1. The van der Waals surface area contributed by atoms with Crippen molar-refractivity contribution < 1.29 is 19.1 Å². The normalized spacial score (nSPS) is 26.2. The van der Waals surface area contributed by atoms with Crippen molar-refractivity contribution in [2.45, 2.75) is 76.7 Å². The van der Waals surface area contributed by atoms with Crippen molar-refractivity contribution in [3.8, 4) is 0 Å². The van der Waals surface area contributed by atoms with Crippen LogP contribution >= 0.6 is 0 Å². The van der Waals surface area contributed by atoms with Crippen molar-refractivity contribution in [1.82, 2.24) is 0 Å². The van der Waals surface area contributed by atoms with Crippen molar-refractivity contribution >= 4 is 14.3 Å². The summed E-state index contributed by atoms with van der Waals surface area (Å²) in [5.41, 5.74) is 8.44. The fourth-order valence-corrected chi connectivity index (χ4v) is 3.63. The van der Waals surface area contributed by atoms with Crippen LogP contribution in [-0.4, -0.2) is 44.2 Å². The van der Waals surface area contributed by atoms with Crippen LogP contribution in [0.1, 0.15) is 47.0 Å². The number of hydrogen-bond acceptors (Lipinski definition) is 5. The fourth-order valence-electron chi connectivity index (χ4n) is 2.61. The topological polar surface area (TPSA) is 105 Å². The first-order valence-corrected chi connectivity index (χ1v) is 11.7. The van der Waals surface area contributed by atoms with Gasteiger partial charge in [0, 0.05) is 11.0 Å². The molecular weight excluding hydrogens is 338 g/mol. The highest BCUT2D eigenvalue weighted by Gasteiger charge is 2.47. The third-order valence-corrected chi connectivity index (χ3v) is 9.77. The van der Waals surface area contributed by atoms with Gasteiger partial charge in [-0.2, -0.15) is 0 Å². The number of rotatable bonds is 6. The summed E-state index contributed by atoms with van der Waals surface area (Å²) < 4.78 is 11.2. The Bertz CT molecular complexity index is 565. The molecule has 1 aliphatic carbocycles. The van der Waals surface area contributed by atoms with Crippen LogP contribution in [0.15, 0.2) is 16.8 Å². The molecule has 0 aliphatic heterocycles. The van der Waals surface area contributed by atoms with Gasteiger partial charge in [-0.25, -0.2) is 4.79 Å². The smallest absolute Gasteiger partial charge is 0.330 e. The van der Waals surface area contributed by atoms with E-state index in [1.807, 2.05) is 0 Å². The molecule has 1 fully saturated rings. The molecule has 1 N–H and O–H groups in total. The lowest BCUT2D eigenvalue weighted by atomic mass is 9.76. The number of hydrogen-bond donors (Lipinski definition) is 1. The van der Waals surface area contributed by atoms with Crippen molar-refractivity contribution in [3.63, 3.8) is 0 Å². The second-order valence-electron chi connectivity index (χ2n) is 7.99. The first-order valence-electron chi connectivity index (χ1n) is 8.76. The van der Waals surface area contributed by atoms with E-state index in [0.29, 0.717) is 18.4 Å². The molecule has 0 spiro atoms. The van der Waals surface area contributed by atoms with Crippen LogP contribution in [0.25, 0.3) is 10.4 Å². The van der Waals surface area contributed by atoms with E-state index in [4.69, 9.17) is 14.7 Å². The van der Waals surface area contributed by atoms with Crippen molar-refractivity contribution in [2.75, 3.05) is 13.2 Å². The van der Waals surface area contributed by atoms with Crippen LogP contribution in [-0.2, 0) is 14.0 Å². The summed E-state index contributed by atoms with van der Waals surface area (Å²) in [6.07, 6.45) is 2.25. The van der Waals surface area contributed by atoms with E-state index in [-0.39, 0.29) is 18.3 Å². The summed E-state index contributed by atoms with van der Waals surface area (Å²) in [5.74, 6) is -0.489. The third kappa shape index (κ3) is 5.07.